The van der Waals surface area contributed by atoms with Crippen LogP contribution in [0.25, 0.3) is 0 Å². The molecule has 0 heterocycles. The zero-order valence-corrected chi connectivity index (χ0v) is 15.1. The summed E-state index contributed by atoms with van der Waals surface area (Å²) in [5.41, 5.74) is 1.22. The smallest absolute Gasteiger partial charge is 0.339 e. The van der Waals surface area contributed by atoms with Gasteiger partial charge in [-0.2, -0.15) is 0 Å². The summed E-state index contributed by atoms with van der Waals surface area (Å²) in [4.78, 5) is 11.7. The van der Waals surface area contributed by atoms with Gasteiger partial charge in [-0.15, -0.1) is 0 Å². The number of benzene rings is 1. The molecule has 2 N–H and O–H groups in total. The van der Waals surface area contributed by atoms with E-state index in [-0.39, 0.29) is 5.54 Å². The lowest BCUT2D eigenvalue weighted by atomic mass is 9.95. The Morgan fingerprint density at radius 1 is 1.35 bits per heavy atom. The summed E-state index contributed by atoms with van der Waals surface area (Å²) >= 11 is 11.6. The maximum atomic E-state index is 11.7. The highest BCUT2D eigenvalue weighted by Gasteiger charge is 2.32. The van der Waals surface area contributed by atoms with Crippen LogP contribution in [0.1, 0.15) is 56.3 Å². The molecule has 0 saturated heterocycles. The molecular weight excluding hydrogens is 332 g/mol. The van der Waals surface area contributed by atoms with Gasteiger partial charge in [-0.1, -0.05) is 31.4 Å². The number of hydrogen-bond acceptors (Lipinski definition) is 3. The van der Waals surface area contributed by atoms with E-state index in [9.17, 15) is 4.79 Å². The Morgan fingerprint density at radius 3 is 2.61 bits per heavy atom. The topological polar surface area (TPSA) is 50.4 Å². The number of rotatable bonds is 5. The monoisotopic (exact) mass is 354 g/mol. The van der Waals surface area contributed by atoms with Crippen molar-refractivity contribution in [2.45, 2.75) is 51.5 Å². The van der Waals surface area contributed by atoms with Crippen LogP contribution in [0.5, 0.6) is 0 Å². The molecule has 0 atom stereocenters. The molecule has 2 rings (SSSR count). The molecule has 4 nitrogen and oxygen atoms in total. The maximum Gasteiger partial charge on any atom is 0.339 e. The molecule has 1 saturated carbocycles. The Morgan fingerprint density at radius 2 is 2.04 bits per heavy atom. The number of thiocarbonyl (C=S) groups is 1. The van der Waals surface area contributed by atoms with Crippen molar-refractivity contribution in [2.75, 3.05) is 11.9 Å². The van der Waals surface area contributed by atoms with Gasteiger partial charge in [-0.05, 0) is 56.6 Å². The van der Waals surface area contributed by atoms with E-state index in [2.05, 4.69) is 17.6 Å². The van der Waals surface area contributed by atoms with Crippen LogP contribution in [0.15, 0.2) is 18.2 Å². The van der Waals surface area contributed by atoms with Gasteiger partial charge in [-0.3, -0.25) is 0 Å². The van der Waals surface area contributed by atoms with Gasteiger partial charge in [0.1, 0.15) is 0 Å². The number of carbonyl (C=O) groups excluding carboxylic acids is 1. The van der Waals surface area contributed by atoms with E-state index < -0.39 is 5.97 Å². The number of halogens is 1. The van der Waals surface area contributed by atoms with E-state index in [1.165, 1.54) is 12.8 Å². The van der Waals surface area contributed by atoms with Gasteiger partial charge in [0.15, 0.2) is 5.11 Å². The van der Waals surface area contributed by atoms with Gasteiger partial charge >= 0.3 is 5.97 Å². The highest BCUT2D eigenvalue weighted by atomic mass is 35.5. The predicted octanol–water partition coefficient (Wildman–Crippen LogP) is 4.53. The minimum absolute atomic E-state index is 0.110. The van der Waals surface area contributed by atoms with Crippen LogP contribution in [-0.2, 0) is 4.74 Å². The molecule has 1 fully saturated rings. The molecule has 126 valence electrons. The molecule has 23 heavy (non-hydrogen) atoms. The fraction of sp³-hybridized carbons (Fsp3) is 0.529. The Bertz CT molecular complexity index is 586. The van der Waals surface area contributed by atoms with Crippen LogP contribution < -0.4 is 10.6 Å². The lowest BCUT2D eigenvalue weighted by molar-refractivity contribution is 0.0526. The second kappa shape index (κ2) is 7.97. The lowest BCUT2D eigenvalue weighted by Gasteiger charge is -2.30. The molecule has 0 aliphatic heterocycles. The number of anilines is 1. The third kappa shape index (κ3) is 4.58. The molecule has 1 aliphatic carbocycles. The summed E-state index contributed by atoms with van der Waals surface area (Å²) in [7, 11) is 0. The predicted molar refractivity (Wildman–Crippen MR) is 98.3 cm³/mol. The molecule has 0 aromatic heterocycles. The van der Waals surface area contributed by atoms with E-state index in [1.807, 2.05) is 0 Å². The van der Waals surface area contributed by atoms with Crippen molar-refractivity contribution < 1.29 is 9.53 Å². The van der Waals surface area contributed by atoms with Crippen molar-refractivity contribution >= 4 is 40.6 Å². The first-order valence-electron chi connectivity index (χ1n) is 8.05. The number of esters is 1. The van der Waals surface area contributed by atoms with Gasteiger partial charge in [0, 0.05) is 11.2 Å². The highest BCUT2D eigenvalue weighted by Crippen LogP contribution is 2.32. The number of ether oxygens (including phenoxy) is 1. The van der Waals surface area contributed by atoms with Crippen molar-refractivity contribution in [3.05, 3.63) is 28.8 Å². The normalized spacial score (nSPS) is 16.0. The second-order valence-corrected chi connectivity index (χ2v) is 6.65. The van der Waals surface area contributed by atoms with Crippen LogP contribution >= 0.6 is 23.8 Å². The number of hydrogen-bond donors (Lipinski definition) is 2. The van der Waals surface area contributed by atoms with E-state index in [0.29, 0.717) is 22.3 Å². The first-order chi connectivity index (χ1) is 11.0. The van der Waals surface area contributed by atoms with Crippen LogP contribution in [0.4, 0.5) is 5.69 Å². The molecule has 1 aliphatic rings. The van der Waals surface area contributed by atoms with Crippen LogP contribution in [0.2, 0.25) is 5.02 Å². The summed E-state index contributed by atoms with van der Waals surface area (Å²) in [6.45, 7) is 4.27. The minimum atomic E-state index is -0.416. The quantitative estimate of drug-likeness (QED) is 0.601. The second-order valence-electron chi connectivity index (χ2n) is 5.84. The average Bonchev–Trinajstić information content (AvgIpc) is 2.96. The number of nitrogens with one attached hydrogen (secondary N) is 2. The molecule has 0 radical (unpaired) electrons. The average molecular weight is 355 g/mol. The summed E-state index contributed by atoms with van der Waals surface area (Å²) in [5, 5.41) is 7.54. The molecule has 0 spiro atoms. The van der Waals surface area contributed by atoms with Crippen LogP contribution in [-0.4, -0.2) is 23.2 Å². The van der Waals surface area contributed by atoms with Crippen molar-refractivity contribution in [1.82, 2.24) is 5.32 Å². The third-order valence-electron chi connectivity index (χ3n) is 4.34. The highest BCUT2D eigenvalue weighted by molar-refractivity contribution is 7.80. The molecule has 1 aromatic rings. The zero-order chi connectivity index (χ0) is 16.9. The molecule has 6 heteroatoms. The van der Waals surface area contributed by atoms with E-state index in [0.717, 1.165) is 24.9 Å². The van der Waals surface area contributed by atoms with Crippen molar-refractivity contribution in [3.8, 4) is 0 Å². The minimum Gasteiger partial charge on any atom is -0.462 e. The molecular formula is C17H23ClN2O2S. The fourth-order valence-corrected chi connectivity index (χ4v) is 3.58. The summed E-state index contributed by atoms with van der Waals surface area (Å²) in [6.07, 6.45) is 5.83. The zero-order valence-electron chi connectivity index (χ0n) is 13.6. The SMILES string of the molecule is CCOC(=O)c1ccc(NC(=S)NC2(CC)CCCC2)cc1Cl. The van der Waals surface area contributed by atoms with Crippen molar-refractivity contribution in [3.63, 3.8) is 0 Å². The third-order valence-corrected chi connectivity index (χ3v) is 4.86. The largest absolute Gasteiger partial charge is 0.462 e. The van der Waals surface area contributed by atoms with Gasteiger partial charge in [0.25, 0.3) is 0 Å². The molecule has 0 bridgehead atoms. The van der Waals surface area contributed by atoms with Crippen molar-refractivity contribution in [1.29, 1.82) is 0 Å². The van der Waals surface area contributed by atoms with Crippen molar-refractivity contribution in [2.24, 2.45) is 0 Å². The van der Waals surface area contributed by atoms with Crippen LogP contribution in [0, 0.1) is 0 Å². The van der Waals surface area contributed by atoms with E-state index >= 15 is 0 Å². The fourth-order valence-electron chi connectivity index (χ4n) is 2.99. The Hall–Kier alpha value is -1.33. The lowest BCUT2D eigenvalue weighted by Crippen LogP contribution is -2.47. The maximum absolute atomic E-state index is 11.7. The standard InChI is InChI=1S/C17H23ClN2O2S/c1-3-17(9-5-6-10-17)20-16(23)19-12-7-8-13(14(18)11-12)15(21)22-4-2/h7-8,11H,3-6,9-10H2,1-2H3,(H2,19,20,23). The first-order valence-corrected chi connectivity index (χ1v) is 8.84. The van der Waals surface area contributed by atoms with Gasteiger partial charge in [0.2, 0.25) is 0 Å². The summed E-state index contributed by atoms with van der Waals surface area (Å²) in [5.74, 6) is -0.416. The molecule has 0 amide bonds. The Balaban J connectivity index is 2.01. The Kier molecular flexibility index (Phi) is 6.25. The van der Waals surface area contributed by atoms with Gasteiger partial charge in [-0.25, -0.2) is 4.79 Å². The van der Waals surface area contributed by atoms with E-state index in [1.54, 1.807) is 25.1 Å². The van der Waals surface area contributed by atoms with Gasteiger partial charge in [0.05, 0.1) is 17.2 Å². The van der Waals surface area contributed by atoms with Crippen LogP contribution in [0.3, 0.4) is 0 Å². The first kappa shape index (κ1) is 18.0. The molecule has 0 unspecified atom stereocenters. The summed E-state index contributed by atoms with van der Waals surface area (Å²) in [6, 6.07) is 5.12. The summed E-state index contributed by atoms with van der Waals surface area (Å²) < 4.78 is 4.96. The number of carbonyl (C=O) groups is 1. The Labute approximate surface area is 147 Å². The molecule has 1 aromatic carbocycles. The van der Waals surface area contributed by atoms with E-state index in [4.69, 9.17) is 28.6 Å². The van der Waals surface area contributed by atoms with Gasteiger partial charge < -0.3 is 15.4 Å².